The van der Waals surface area contributed by atoms with E-state index in [-0.39, 0.29) is 62.2 Å². The number of benzene rings is 2. The third-order valence-corrected chi connectivity index (χ3v) is 8.27. The van der Waals surface area contributed by atoms with E-state index in [4.69, 9.17) is 27.9 Å². The molecule has 3 heterocycles. The van der Waals surface area contributed by atoms with Gasteiger partial charge in [0, 0.05) is 30.2 Å². The van der Waals surface area contributed by atoms with E-state index in [9.17, 15) is 33.0 Å². The smallest absolute Gasteiger partial charge is 0.416 e. The Labute approximate surface area is 288 Å². The zero-order chi connectivity index (χ0) is 35.7. The Morgan fingerprint density at radius 1 is 1.06 bits per heavy atom. The summed E-state index contributed by atoms with van der Waals surface area (Å²) in [5, 5.41) is 33.7. The Morgan fingerprint density at radius 2 is 1.71 bits per heavy atom. The molecular formula is C31H35Cl2F3N8O5. The van der Waals surface area contributed by atoms with Crippen LogP contribution in [0.15, 0.2) is 53.3 Å². The van der Waals surface area contributed by atoms with Gasteiger partial charge in [0.1, 0.15) is 12.1 Å². The number of para-hydroxylation sites is 1. The Hall–Kier alpha value is -4.12. The van der Waals surface area contributed by atoms with Crippen molar-refractivity contribution in [3.63, 3.8) is 0 Å². The van der Waals surface area contributed by atoms with Crippen LogP contribution in [0.4, 0.5) is 23.9 Å². The summed E-state index contributed by atoms with van der Waals surface area (Å²) in [4.78, 5) is 32.0. The van der Waals surface area contributed by atoms with E-state index in [0.29, 0.717) is 15.7 Å². The lowest BCUT2D eigenvalue weighted by atomic mass is 9.91. The molecule has 0 spiro atoms. The van der Waals surface area contributed by atoms with Crippen LogP contribution in [0.5, 0.6) is 0 Å². The molecule has 5 rings (SSSR count). The second kappa shape index (κ2) is 14.0. The molecule has 1 aliphatic rings. The number of aromatic nitrogens is 6. The van der Waals surface area contributed by atoms with Crippen molar-refractivity contribution < 1.29 is 32.9 Å². The molecule has 1 amide bonds. The highest BCUT2D eigenvalue weighted by molar-refractivity contribution is 6.32. The lowest BCUT2D eigenvalue weighted by molar-refractivity contribution is -0.207. The molecule has 0 aliphatic carbocycles. The maximum Gasteiger partial charge on any atom is 0.416 e. The molecule has 18 heteroatoms. The first-order chi connectivity index (χ1) is 22.9. The van der Waals surface area contributed by atoms with Crippen LogP contribution in [0.2, 0.25) is 10.0 Å². The first kappa shape index (κ1) is 36.2. The molecule has 1 atom stereocenters. The Bertz CT molecular complexity index is 1850. The van der Waals surface area contributed by atoms with E-state index in [1.54, 1.807) is 45.0 Å². The molecule has 0 saturated carbocycles. The number of hydrogen-bond acceptors (Lipinski definition) is 9. The van der Waals surface area contributed by atoms with Crippen LogP contribution in [0.1, 0.15) is 39.4 Å². The van der Waals surface area contributed by atoms with Crippen LogP contribution >= 0.6 is 23.2 Å². The fourth-order valence-electron chi connectivity index (χ4n) is 5.11. The number of ether oxygens (including phenoxy) is 1. The molecule has 2 aromatic heterocycles. The van der Waals surface area contributed by atoms with Crippen molar-refractivity contribution in [3.05, 3.63) is 74.9 Å². The topological polar surface area (TPSA) is 153 Å². The van der Waals surface area contributed by atoms with Crippen molar-refractivity contribution in [1.82, 2.24) is 34.0 Å². The molecule has 49 heavy (non-hydrogen) atoms. The maximum atomic E-state index is 13.4. The third-order valence-electron chi connectivity index (χ3n) is 7.70. The fourth-order valence-corrected chi connectivity index (χ4v) is 5.45. The number of carbonyl (C=O) groups excluding carboxylic acids is 1. The number of carbonyl (C=O) groups is 1. The van der Waals surface area contributed by atoms with E-state index < -0.39 is 41.8 Å². The highest BCUT2D eigenvalue weighted by atomic mass is 35.5. The van der Waals surface area contributed by atoms with Crippen molar-refractivity contribution in [3.8, 4) is 17.1 Å². The summed E-state index contributed by atoms with van der Waals surface area (Å²) in [5.41, 5.74) is -2.11. The number of amides is 1. The first-order valence-corrected chi connectivity index (χ1v) is 16.0. The quantitative estimate of drug-likeness (QED) is 0.222. The zero-order valence-electron chi connectivity index (χ0n) is 26.8. The van der Waals surface area contributed by atoms with Gasteiger partial charge in [0.25, 0.3) is 0 Å². The number of rotatable bonds is 9. The first-order valence-electron chi connectivity index (χ1n) is 15.3. The molecule has 0 bridgehead atoms. The highest BCUT2D eigenvalue weighted by Gasteiger charge is 2.40. The molecule has 0 radical (unpaired) electrons. The van der Waals surface area contributed by atoms with Gasteiger partial charge in [0.15, 0.2) is 17.8 Å². The molecule has 1 fully saturated rings. The number of nitrogens with one attached hydrogen (secondary N) is 1. The van der Waals surface area contributed by atoms with Crippen LogP contribution in [0, 0.1) is 0 Å². The monoisotopic (exact) mass is 726 g/mol. The lowest BCUT2D eigenvalue weighted by Gasteiger charge is -2.38. The van der Waals surface area contributed by atoms with E-state index in [1.807, 2.05) is 0 Å². The summed E-state index contributed by atoms with van der Waals surface area (Å²) in [7, 11) is 0. The van der Waals surface area contributed by atoms with E-state index >= 15 is 0 Å². The van der Waals surface area contributed by atoms with Crippen LogP contribution < -0.4 is 11.0 Å². The van der Waals surface area contributed by atoms with Crippen LogP contribution in [0.3, 0.4) is 0 Å². The van der Waals surface area contributed by atoms with Crippen LogP contribution in [-0.4, -0.2) is 93.4 Å². The Kier molecular flexibility index (Phi) is 10.3. The van der Waals surface area contributed by atoms with Crippen molar-refractivity contribution in [2.75, 3.05) is 25.0 Å². The fraction of sp³-hybridized carbons (Fsp3) is 0.452. The van der Waals surface area contributed by atoms with E-state index in [1.165, 1.54) is 33.8 Å². The highest BCUT2D eigenvalue weighted by Crippen LogP contribution is 2.28. The van der Waals surface area contributed by atoms with Gasteiger partial charge in [0.2, 0.25) is 5.95 Å². The van der Waals surface area contributed by atoms with Gasteiger partial charge in [-0.25, -0.2) is 14.3 Å². The molecule has 13 nitrogen and oxygen atoms in total. The number of hydrogen-bond donors (Lipinski definition) is 3. The summed E-state index contributed by atoms with van der Waals surface area (Å²) >= 11 is 12.4. The Balaban J connectivity index is 1.42. The minimum Gasteiger partial charge on any atom is -0.444 e. The van der Waals surface area contributed by atoms with Gasteiger partial charge in [-0.1, -0.05) is 35.3 Å². The molecule has 264 valence electrons. The summed E-state index contributed by atoms with van der Waals surface area (Å²) in [6, 6.07) is 12.7. The molecule has 0 unspecified atom stereocenters. The Morgan fingerprint density at radius 3 is 2.33 bits per heavy atom. The number of aliphatic hydroxyl groups is 2. The zero-order valence-corrected chi connectivity index (χ0v) is 28.3. The SMILES string of the molecule is CC(C)(C)OC(=O)N1CCC(O)(CNc2nc(Cn3nc(-c4ccc(Cl)cc4)n(C[C@H](O)C(F)(F)F)c3=O)nn2-c2ccccc2Cl)CC1. The van der Waals surface area contributed by atoms with Crippen molar-refractivity contribution >= 4 is 35.2 Å². The average Bonchev–Trinajstić information content (AvgIpc) is 3.56. The number of anilines is 1. The second-order valence-corrected chi connectivity index (χ2v) is 13.5. The van der Waals surface area contributed by atoms with Gasteiger partial charge >= 0.3 is 18.0 Å². The van der Waals surface area contributed by atoms with Crippen LogP contribution in [0.25, 0.3) is 17.1 Å². The van der Waals surface area contributed by atoms with Gasteiger partial charge < -0.3 is 25.2 Å². The molecule has 1 aliphatic heterocycles. The summed E-state index contributed by atoms with van der Waals surface area (Å²) in [5.74, 6) is 0.0673. The van der Waals surface area contributed by atoms with Crippen molar-refractivity contribution in [2.45, 2.75) is 70.2 Å². The molecule has 4 aromatic rings. The van der Waals surface area contributed by atoms with Crippen molar-refractivity contribution in [2.24, 2.45) is 0 Å². The number of piperidine rings is 1. The van der Waals surface area contributed by atoms with Gasteiger partial charge in [-0.15, -0.1) is 10.2 Å². The summed E-state index contributed by atoms with van der Waals surface area (Å²) in [6.07, 6.45) is -7.78. The van der Waals surface area contributed by atoms with Crippen LogP contribution in [-0.2, 0) is 17.8 Å². The van der Waals surface area contributed by atoms with Crippen molar-refractivity contribution in [1.29, 1.82) is 0 Å². The minimum absolute atomic E-state index is 0.0162. The molecule has 1 saturated heterocycles. The van der Waals surface area contributed by atoms with Gasteiger partial charge in [-0.3, -0.25) is 4.57 Å². The predicted octanol–water partition coefficient (Wildman–Crippen LogP) is 4.74. The van der Waals surface area contributed by atoms with E-state index in [0.717, 1.165) is 9.25 Å². The van der Waals surface area contributed by atoms with Gasteiger partial charge in [-0.2, -0.15) is 22.8 Å². The second-order valence-electron chi connectivity index (χ2n) is 12.7. The summed E-state index contributed by atoms with van der Waals surface area (Å²) in [6.45, 7) is 4.41. The van der Waals surface area contributed by atoms with Gasteiger partial charge in [0.05, 0.1) is 22.9 Å². The standard InChI is InChI=1S/C31H35Cl2F3N8O5/c1-29(2,3)49-28(47)41-14-12-30(48,13-15-41)18-37-26-38-24(39-44(26)22-7-5-4-6-21(22)33)17-43-27(46)42(16-23(45)31(34,35)36)25(40-43)19-8-10-20(32)11-9-19/h4-11,23,45,48H,12-18H2,1-3H3,(H,37,38,39)/t23-/m0/s1. The number of likely N-dealkylation sites (tertiary alicyclic amines) is 1. The molecule has 3 N–H and O–H groups in total. The predicted molar refractivity (Wildman–Crippen MR) is 175 cm³/mol. The minimum atomic E-state index is -4.98. The summed E-state index contributed by atoms with van der Waals surface area (Å²) < 4.78 is 48.4. The number of halogens is 5. The average molecular weight is 728 g/mol. The lowest BCUT2D eigenvalue weighted by Crippen LogP contribution is -2.51. The molecular weight excluding hydrogens is 692 g/mol. The normalized spacial score (nSPS) is 15.7. The largest absolute Gasteiger partial charge is 0.444 e. The number of aliphatic hydroxyl groups excluding tert-OH is 1. The maximum absolute atomic E-state index is 13.4. The van der Waals surface area contributed by atoms with E-state index in [2.05, 4.69) is 20.5 Å². The molecule has 2 aromatic carbocycles. The number of alkyl halides is 3. The van der Waals surface area contributed by atoms with Gasteiger partial charge in [-0.05, 0) is 70.0 Å². The third kappa shape index (κ3) is 8.73. The number of nitrogens with zero attached hydrogens (tertiary/aromatic N) is 7.